The maximum Gasteiger partial charge on any atom is 0.191 e. The van der Waals surface area contributed by atoms with E-state index in [1.54, 1.807) is 14.2 Å². The quantitative estimate of drug-likeness (QED) is 0.256. The number of nitrogens with zero attached hydrogens (tertiary/aromatic N) is 2. The molecule has 5 nitrogen and oxygen atoms in total. The van der Waals surface area contributed by atoms with Crippen LogP contribution in [0.5, 0.6) is 0 Å². The van der Waals surface area contributed by atoms with Crippen molar-refractivity contribution >= 4 is 40.7 Å². The van der Waals surface area contributed by atoms with E-state index < -0.39 is 0 Å². The number of hydrogen-bond donors (Lipinski definition) is 2. The molecule has 0 aliphatic heterocycles. The van der Waals surface area contributed by atoms with E-state index in [9.17, 15) is 0 Å². The predicted molar refractivity (Wildman–Crippen MR) is 122 cm³/mol. The molecule has 6 heteroatoms. The van der Waals surface area contributed by atoms with Crippen LogP contribution in [0.15, 0.2) is 47.5 Å². The minimum atomic E-state index is 0. The van der Waals surface area contributed by atoms with Crippen LogP contribution in [-0.4, -0.2) is 58.3 Å². The molecule has 0 aliphatic carbocycles. The summed E-state index contributed by atoms with van der Waals surface area (Å²) in [6, 6.07) is 14.9. The Labute approximate surface area is 174 Å². The van der Waals surface area contributed by atoms with E-state index in [1.807, 2.05) is 0 Å². The van der Waals surface area contributed by atoms with Crippen molar-refractivity contribution in [2.75, 3.05) is 47.4 Å². The number of rotatable bonds is 9. The Hall–Kier alpha value is -1.38. The number of ether oxygens (including phenoxy) is 1. The van der Waals surface area contributed by atoms with Gasteiger partial charge in [-0.05, 0) is 29.8 Å². The van der Waals surface area contributed by atoms with Crippen molar-refractivity contribution in [2.45, 2.75) is 13.0 Å². The predicted octanol–water partition coefficient (Wildman–Crippen LogP) is 3.09. The summed E-state index contributed by atoms with van der Waals surface area (Å²) in [5.74, 6) is 0.832. The van der Waals surface area contributed by atoms with Crippen LogP contribution in [0.4, 0.5) is 0 Å². The second-order valence-corrected chi connectivity index (χ2v) is 6.14. The fraction of sp³-hybridized carbons (Fsp3) is 0.450. The average Bonchev–Trinajstić information content (AvgIpc) is 2.64. The Morgan fingerprint density at radius 3 is 2.62 bits per heavy atom. The fourth-order valence-corrected chi connectivity index (χ4v) is 2.80. The van der Waals surface area contributed by atoms with E-state index in [0.717, 1.165) is 45.2 Å². The molecular weight excluding hydrogens is 439 g/mol. The minimum absolute atomic E-state index is 0. The van der Waals surface area contributed by atoms with E-state index in [4.69, 9.17) is 4.74 Å². The van der Waals surface area contributed by atoms with Gasteiger partial charge in [0.1, 0.15) is 0 Å². The largest absolute Gasteiger partial charge is 0.385 e. The van der Waals surface area contributed by atoms with Crippen LogP contribution in [0.1, 0.15) is 12.0 Å². The number of methoxy groups -OCH3 is 1. The van der Waals surface area contributed by atoms with Crippen LogP contribution >= 0.6 is 24.0 Å². The summed E-state index contributed by atoms with van der Waals surface area (Å²) >= 11 is 0. The highest BCUT2D eigenvalue weighted by atomic mass is 127. The molecule has 0 fully saturated rings. The van der Waals surface area contributed by atoms with Gasteiger partial charge in [0.15, 0.2) is 5.96 Å². The molecule has 0 atom stereocenters. The van der Waals surface area contributed by atoms with E-state index in [1.165, 1.54) is 16.3 Å². The summed E-state index contributed by atoms with van der Waals surface area (Å²) in [4.78, 5) is 6.61. The van der Waals surface area contributed by atoms with Gasteiger partial charge >= 0.3 is 0 Å². The van der Waals surface area contributed by atoms with E-state index in [-0.39, 0.29) is 24.0 Å². The maximum absolute atomic E-state index is 5.09. The number of likely N-dealkylation sites (N-methyl/N-ethyl adjacent to an activating group) is 1. The molecule has 0 saturated carbocycles. The van der Waals surface area contributed by atoms with Gasteiger partial charge in [0, 0.05) is 46.9 Å². The third-order valence-corrected chi connectivity index (χ3v) is 4.22. The van der Waals surface area contributed by atoms with E-state index >= 15 is 0 Å². The molecule has 0 amide bonds. The number of nitrogens with one attached hydrogen (secondary N) is 2. The molecule has 0 bridgehead atoms. The summed E-state index contributed by atoms with van der Waals surface area (Å²) in [5, 5.41) is 9.33. The van der Waals surface area contributed by atoms with E-state index in [2.05, 4.69) is 70.0 Å². The second-order valence-electron chi connectivity index (χ2n) is 6.14. The Balaban J connectivity index is 0.00000338. The number of halogens is 1. The second kappa shape index (κ2) is 12.9. The van der Waals surface area contributed by atoms with Crippen molar-refractivity contribution < 1.29 is 4.74 Å². The minimum Gasteiger partial charge on any atom is -0.385 e. The molecule has 26 heavy (non-hydrogen) atoms. The van der Waals surface area contributed by atoms with Gasteiger partial charge in [-0.3, -0.25) is 4.99 Å². The molecule has 2 aromatic rings. The third-order valence-electron chi connectivity index (χ3n) is 4.22. The van der Waals surface area contributed by atoms with Crippen LogP contribution in [0.3, 0.4) is 0 Å². The van der Waals surface area contributed by atoms with Crippen LogP contribution < -0.4 is 10.6 Å². The molecule has 0 aromatic heterocycles. The summed E-state index contributed by atoms with van der Waals surface area (Å²) in [6.45, 7) is 4.44. The van der Waals surface area contributed by atoms with Gasteiger partial charge in [0.2, 0.25) is 0 Å². The number of fused-ring (bicyclic) bond motifs is 1. The summed E-state index contributed by atoms with van der Waals surface area (Å²) in [6.07, 6.45) is 1.06. The third kappa shape index (κ3) is 7.47. The van der Waals surface area contributed by atoms with Gasteiger partial charge in [0.25, 0.3) is 0 Å². The lowest BCUT2D eigenvalue weighted by Gasteiger charge is -2.18. The first-order valence-electron chi connectivity index (χ1n) is 8.83. The van der Waals surface area contributed by atoms with Crippen molar-refractivity contribution in [3.8, 4) is 0 Å². The van der Waals surface area contributed by atoms with Gasteiger partial charge in [0.05, 0.1) is 0 Å². The van der Waals surface area contributed by atoms with Crippen molar-refractivity contribution in [3.05, 3.63) is 48.0 Å². The zero-order chi connectivity index (χ0) is 17.9. The van der Waals surface area contributed by atoms with Gasteiger partial charge in [-0.1, -0.05) is 42.5 Å². The Kier molecular flexibility index (Phi) is 11.2. The van der Waals surface area contributed by atoms with Gasteiger partial charge in [-0.15, -0.1) is 24.0 Å². The number of aliphatic imine (C=N–C) groups is 1. The molecule has 0 saturated heterocycles. The number of hydrogen-bond acceptors (Lipinski definition) is 3. The zero-order valence-corrected chi connectivity index (χ0v) is 18.3. The summed E-state index contributed by atoms with van der Waals surface area (Å²) in [5.41, 5.74) is 1.28. The average molecular weight is 470 g/mol. The molecule has 2 N–H and O–H groups in total. The molecule has 2 rings (SSSR count). The molecule has 0 spiro atoms. The summed E-state index contributed by atoms with van der Waals surface area (Å²) < 4.78 is 5.09. The highest BCUT2D eigenvalue weighted by Gasteiger charge is 2.03. The topological polar surface area (TPSA) is 48.9 Å². The van der Waals surface area contributed by atoms with Gasteiger partial charge in [-0.25, -0.2) is 0 Å². The monoisotopic (exact) mass is 470 g/mol. The molecule has 2 aromatic carbocycles. The Bertz CT molecular complexity index is 672. The Morgan fingerprint density at radius 1 is 1.08 bits per heavy atom. The van der Waals surface area contributed by atoms with Gasteiger partial charge < -0.3 is 20.3 Å². The zero-order valence-electron chi connectivity index (χ0n) is 16.0. The molecule has 0 heterocycles. The van der Waals surface area contributed by atoms with Crippen molar-refractivity contribution in [3.63, 3.8) is 0 Å². The lowest BCUT2D eigenvalue weighted by Crippen LogP contribution is -2.40. The highest BCUT2D eigenvalue weighted by Crippen LogP contribution is 2.18. The van der Waals surface area contributed by atoms with Crippen LogP contribution in [0.2, 0.25) is 0 Å². The van der Waals surface area contributed by atoms with Crippen LogP contribution in [0, 0.1) is 0 Å². The van der Waals surface area contributed by atoms with Crippen molar-refractivity contribution in [1.29, 1.82) is 0 Å². The standard InChI is InChI=1S/C20H30N4O.HI/c1-21-20(22-12-14-24(2)13-7-15-25-3)23-16-18-10-6-9-17-8-4-5-11-19(17)18;/h4-6,8-11H,7,12-16H2,1-3H3,(H2,21,22,23);1H. The van der Waals surface area contributed by atoms with Crippen molar-refractivity contribution in [2.24, 2.45) is 4.99 Å². The lowest BCUT2D eigenvalue weighted by atomic mass is 10.0. The smallest absolute Gasteiger partial charge is 0.191 e. The molecule has 0 unspecified atom stereocenters. The molecular formula is C20H31IN4O. The SMILES string of the molecule is CN=C(NCCN(C)CCCOC)NCc1cccc2ccccc12.I. The summed E-state index contributed by atoms with van der Waals surface area (Å²) in [7, 11) is 5.68. The first-order chi connectivity index (χ1) is 12.2. The molecule has 0 aliphatic rings. The van der Waals surface area contributed by atoms with E-state index in [0.29, 0.717) is 0 Å². The highest BCUT2D eigenvalue weighted by molar-refractivity contribution is 14.0. The van der Waals surface area contributed by atoms with Crippen molar-refractivity contribution in [1.82, 2.24) is 15.5 Å². The normalized spacial score (nSPS) is 11.5. The maximum atomic E-state index is 5.09. The lowest BCUT2D eigenvalue weighted by molar-refractivity contribution is 0.180. The van der Waals surface area contributed by atoms with Gasteiger partial charge in [-0.2, -0.15) is 0 Å². The first-order valence-corrected chi connectivity index (χ1v) is 8.83. The van der Waals surface area contributed by atoms with Crippen LogP contribution in [0.25, 0.3) is 10.8 Å². The first kappa shape index (κ1) is 22.7. The Morgan fingerprint density at radius 2 is 1.85 bits per heavy atom. The fourth-order valence-electron chi connectivity index (χ4n) is 2.80. The number of benzene rings is 2. The molecule has 144 valence electrons. The number of guanidine groups is 1. The molecule has 0 radical (unpaired) electrons. The van der Waals surface area contributed by atoms with Crippen LogP contribution in [-0.2, 0) is 11.3 Å².